The number of halogens is 3. The van der Waals surface area contributed by atoms with Gasteiger partial charge in [-0.3, -0.25) is 9.79 Å². The van der Waals surface area contributed by atoms with Crippen LogP contribution in [0.2, 0.25) is 0 Å². The minimum absolute atomic E-state index is 0.235. The fourth-order valence-corrected chi connectivity index (χ4v) is 5.00. The molecular weight excluding hydrogens is 551 g/mol. The van der Waals surface area contributed by atoms with Crippen LogP contribution in [0.25, 0.3) is 0 Å². The van der Waals surface area contributed by atoms with Crippen LogP contribution in [-0.2, 0) is 35.4 Å². The van der Waals surface area contributed by atoms with Crippen LogP contribution in [0.3, 0.4) is 0 Å². The second-order valence-corrected chi connectivity index (χ2v) is 10.8. The summed E-state index contributed by atoms with van der Waals surface area (Å²) >= 11 is 0. The summed E-state index contributed by atoms with van der Waals surface area (Å²) in [5.74, 6) is -0.301. The van der Waals surface area contributed by atoms with Gasteiger partial charge in [0.15, 0.2) is 0 Å². The van der Waals surface area contributed by atoms with Gasteiger partial charge in [-0.25, -0.2) is 0 Å². The largest absolute Gasteiger partial charge is 0.461 e. The minimum Gasteiger partial charge on any atom is -0.461 e. The van der Waals surface area contributed by atoms with E-state index >= 15 is 0 Å². The predicted octanol–water partition coefficient (Wildman–Crippen LogP) is 8.30. The highest BCUT2D eigenvalue weighted by Gasteiger charge is 2.29. The van der Waals surface area contributed by atoms with Crippen molar-refractivity contribution in [3.05, 3.63) is 101 Å². The fourth-order valence-electron chi connectivity index (χ4n) is 5.00. The summed E-state index contributed by atoms with van der Waals surface area (Å²) in [6.07, 6.45) is 1.72. The van der Waals surface area contributed by atoms with E-state index in [2.05, 4.69) is 46.8 Å². The summed E-state index contributed by atoms with van der Waals surface area (Å²) in [5, 5.41) is 0. The molecule has 3 rings (SSSR count). The number of esters is 1. The van der Waals surface area contributed by atoms with Crippen molar-refractivity contribution in [2.24, 2.45) is 4.99 Å². The van der Waals surface area contributed by atoms with Crippen molar-refractivity contribution in [2.45, 2.75) is 72.3 Å². The van der Waals surface area contributed by atoms with E-state index in [1.165, 1.54) is 19.1 Å². The van der Waals surface area contributed by atoms with Crippen molar-refractivity contribution >= 4 is 17.9 Å². The maximum Gasteiger partial charge on any atom is 0.416 e. The first-order valence-electron chi connectivity index (χ1n) is 15.1. The summed E-state index contributed by atoms with van der Waals surface area (Å²) < 4.78 is 43.7. The van der Waals surface area contributed by atoms with Gasteiger partial charge in [0.05, 0.1) is 12.1 Å². The number of hydrogen-bond donors (Lipinski definition) is 0. The van der Waals surface area contributed by atoms with Gasteiger partial charge in [0.25, 0.3) is 0 Å². The molecule has 0 atom stereocenters. The number of carbonyl (C=O) groups is 1. The number of anilines is 1. The van der Waals surface area contributed by atoms with Gasteiger partial charge in [0.1, 0.15) is 6.61 Å². The van der Waals surface area contributed by atoms with Gasteiger partial charge in [0.2, 0.25) is 0 Å². The Bertz CT molecular complexity index is 1270. The zero-order valence-electron chi connectivity index (χ0n) is 25.6. The fraction of sp³-hybridized carbons (Fsp3) is 0.429. The molecule has 3 aromatic rings. The third kappa shape index (κ3) is 11.9. The number of para-hydroxylation sites is 1. The molecule has 0 saturated heterocycles. The Labute approximate surface area is 254 Å². The molecule has 8 heteroatoms. The molecule has 0 saturated carbocycles. The molecule has 5 nitrogen and oxygen atoms in total. The van der Waals surface area contributed by atoms with E-state index in [9.17, 15) is 18.0 Å². The van der Waals surface area contributed by atoms with E-state index in [0.717, 1.165) is 86.4 Å². The highest BCUT2D eigenvalue weighted by molar-refractivity contribution is 5.79. The smallest absolute Gasteiger partial charge is 0.416 e. The monoisotopic (exact) mass is 595 g/mol. The van der Waals surface area contributed by atoms with Crippen LogP contribution in [0.4, 0.5) is 18.9 Å². The molecule has 0 heterocycles. The average molecular weight is 596 g/mol. The molecule has 43 heavy (non-hydrogen) atoms. The molecule has 0 aromatic heterocycles. The lowest BCUT2D eigenvalue weighted by atomic mass is 10.1. The Hall–Kier alpha value is -3.65. The summed E-state index contributed by atoms with van der Waals surface area (Å²) in [5.41, 5.74) is 4.16. The molecule has 0 aliphatic carbocycles. The number of benzene rings is 3. The van der Waals surface area contributed by atoms with Gasteiger partial charge < -0.3 is 14.5 Å². The first-order chi connectivity index (χ1) is 20.7. The molecule has 3 aromatic carbocycles. The minimum atomic E-state index is -4.35. The van der Waals surface area contributed by atoms with Crippen molar-refractivity contribution in [3.63, 3.8) is 0 Å². The lowest BCUT2D eigenvalue weighted by Crippen LogP contribution is -2.29. The third-order valence-electron chi connectivity index (χ3n) is 7.14. The number of hydrogen-bond acceptors (Lipinski definition) is 5. The Kier molecular flexibility index (Phi) is 13.7. The number of alkyl halides is 3. The van der Waals surface area contributed by atoms with Gasteiger partial charge >= 0.3 is 12.1 Å². The zero-order valence-corrected chi connectivity index (χ0v) is 25.6. The highest BCUT2D eigenvalue weighted by Crippen LogP contribution is 2.29. The van der Waals surface area contributed by atoms with Crippen LogP contribution in [0.1, 0.15) is 74.3 Å². The molecule has 0 aliphatic rings. The zero-order chi connectivity index (χ0) is 31.1. The second kappa shape index (κ2) is 17.5. The van der Waals surface area contributed by atoms with Crippen LogP contribution in [0, 0.1) is 0 Å². The lowest BCUT2D eigenvalue weighted by Gasteiger charge is -2.28. The number of unbranched alkanes of at least 4 members (excludes halogenated alkanes) is 1. The van der Waals surface area contributed by atoms with E-state index in [0.29, 0.717) is 18.7 Å². The summed E-state index contributed by atoms with van der Waals surface area (Å²) in [7, 11) is 0. The van der Waals surface area contributed by atoms with Crippen molar-refractivity contribution < 1.29 is 22.7 Å². The highest BCUT2D eigenvalue weighted by atomic mass is 19.4. The molecule has 0 spiro atoms. The predicted molar refractivity (Wildman–Crippen MR) is 168 cm³/mol. The summed E-state index contributed by atoms with van der Waals surface area (Å²) in [6, 6.07) is 21.3. The van der Waals surface area contributed by atoms with E-state index < -0.39 is 11.7 Å². The second-order valence-electron chi connectivity index (χ2n) is 10.8. The number of ether oxygens (including phenoxy) is 1. The van der Waals surface area contributed by atoms with Gasteiger partial charge in [-0.2, -0.15) is 13.2 Å². The Balaban J connectivity index is 1.66. The van der Waals surface area contributed by atoms with Crippen molar-refractivity contribution in [1.82, 2.24) is 4.90 Å². The first-order valence-corrected chi connectivity index (χ1v) is 15.1. The summed E-state index contributed by atoms with van der Waals surface area (Å²) in [4.78, 5) is 20.8. The number of nitrogens with zero attached hydrogens (tertiary/aromatic N) is 3. The third-order valence-corrected chi connectivity index (χ3v) is 7.14. The lowest BCUT2D eigenvalue weighted by molar-refractivity contribution is -0.142. The van der Waals surface area contributed by atoms with Crippen LogP contribution in [-0.4, -0.2) is 43.3 Å². The van der Waals surface area contributed by atoms with Gasteiger partial charge in [-0.15, -0.1) is 0 Å². The number of rotatable bonds is 17. The topological polar surface area (TPSA) is 45.1 Å². The molecular formula is C35H44F3N3O2. The molecule has 0 bridgehead atoms. The standard InChI is InChI=1S/C35H44F3N3O2/c1-4-20-40(21-5-2)22-8-9-23-41(34-11-7-6-10-32(34)27-43-28(3)42)26-31-14-12-29(13-15-31)24-39-25-30-16-18-33(19-17-30)35(36,37)38/h6-7,10-19,25H,4-5,8-9,20-24,26-27H2,1-3H3. The average Bonchev–Trinajstić information content (AvgIpc) is 2.98. The maximum atomic E-state index is 12.8. The van der Waals surface area contributed by atoms with Crippen molar-refractivity contribution in [3.8, 4) is 0 Å². The Morgan fingerprint density at radius 2 is 1.47 bits per heavy atom. The molecule has 0 fully saturated rings. The van der Waals surface area contributed by atoms with Gasteiger partial charge in [-0.05, 0) is 80.2 Å². The molecule has 0 radical (unpaired) electrons. The van der Waals surface area contributed by atoms with Crippen LogP contribution in [0.5, 0.6) is 0 Å². The van der Waals surface area contributed by atoms with E-state index in [-0.39, 0.29) is 12.6 Å². The van der Waals surface area contributed by atoms with Gasteiger partial charge in [0, 0.05) is 37.5 Å². The first kappa shape index (κ1) is 33.8. The van der Waals surface area contributed by atoms with Crippen LogP contribution < -0.4 is 4.90 Å². The van der Waals surface area contributed by atoms with Crippen molar-refractivity contribution in [1.29, 1.82) is 0 Å². The SMILES string of the molecule is CCCN(CCC)CCCCN(Cc1ccc(CN=Cc2ccc(C(F)(F)F)cc2)cc1)c1ccccc1COC(C)=O. The Morgan fingerprint density at radius 3 is 2.09 bits per heavy atom. The van der Waals surface area contributed by atoms with Crippen LogP contribution >= 0.6 is 0 Å². The maximum absolute atomic E-state index is 12.8. The molecule has 232 valence electrons. The molecule has 0 N–H and O–H groups in total. The quantitative estimate of drug-likeness (QED) is 0.0895. The Morgan fingerprint density at radius 1 is 0.837 bits per heavy atom. The summed E-state index contributed by atoms with van der Waals surface area (Å²) in [6.45, 7) is 11.5. The molecule has 0 aliphatic heterocycles. The van der Waals surface area contributed by atoms with Crippen LogP contribution in [0.15, 0.2) is 77.8 Å². The normalized spacial score (nSPS) is 11.8. The van der Waals surface area contributed by atoms with E-state index in [1.54, 1.807) is 6.21 Å². The van der Waals surface area contributed by atoms with Gasteiger partial charge in [-0.1, -0.05) is 68.4 Å². The van der Waals surface area contributed by atoms with Crippen molar-refractivity contribution in [2.75, 3.05) is 31.1 Å². The van der Waals surface area contributed by atoms with E-state index in [4.69, 9.17) is 4.74 Å². The molecule has 0 unspecified atom stereocenters. The number of carbonyl (C=O) groups excluding carboxylic acids is 1. The van der Waals surface area contributed by atoms with E-state index in [1.807, 2.05) is 30.3 Å². The number of aliphatic imine (C=N–C) groups is 1. The molecule has 0 amide bonds.